The first kappa shape index (κ1) is 18.5. The van der Waals surface area contributed by atoms with Crippen LogP contribution in [0.4, 0.5) is 0 Å². The molecule has 2 aromatic heterocycles. The summed E-state index contributed by atoms with van der Waals surface area (Å²) in [4.78, 5) is 24.3. The van der Waals surface area contributed by atoms with Crippen LogP contribution in [-0.2, 0) is 6.61 Å². The van der Waals surface area contributed by atoms with Crippen molar-refractivity contribution < 1.29 is 19.4 Å². The first-order chi connectivity index (χ1) is 14.1. The summed E-state index contributed by atoms with van der Waals surface area (Å²) in [5.41, 5.74) is 3.68. The fourth-order valence-electron chi connectivity index (χ4n) is 3.40. The summed E-state index contributed by atoms with van der Waals surface area (Å²) in [7, 11) is 0. The molecule has 0 amide bonds. The molecular formula is C24H19NO4. The molecular weight excluding hydrogens is 366 g/mol. The Balaban J connectivity index is 1.73. The van der Waals surface area contributed by atoms with E-state index in [2.05, 4.69) is 0 Å². The van der Waals surface area contributed by atoms with Crippen molar-refractivity contribution in [3.05, 3.63) is 107 Å². The molecule has 0 spiro atoms. The summed E-state index contributed by atoms with van der Waals surface area (Å²) in [6.07, 6.45) is 1.83. The van der Waals surface area contributed by atoms with Gasteiger partial charge in [0.15, 0.2) is 0 Å². The largest absolute Gasteiger partial charge is 0.486 e. The molecule has 0 aliphatic carbocycles. The lowest BCUT2D eigenvalue weighted by Gasteiger charge is -2.06. The zero-order chi connectivity index (χ0) is 20.4. The molecule has 144 valence electrons. The Labute approximate surface area is 167 Å². The number of aromatic nitrogens is 1. The number of aromatic carboxylic acids is 1. The van der Waals surface area contributed by atoms with E-state index in [1.165, 1.54) is 24.3 Å². The van der Waals surface area contributed by atoms with Crippen LogP contribution >= 0.6 is 0 Å². The van der Waals surface area contributed by atoms with Crippen molar-refractivity contribution in [1.29, 1.82) is 0 Å². The molecule has 1 N–H and O–H groups in total. The Morgan fingerprint density at radius 1 is 0.897 bits per heavy atom. The number of rotatable bonds is 6. The Bertz CT molecular complexity index is 1190. The van der Waals surface area contributed by atoms with E-state index in [1.807, 2.05) is 66.1 Å². The number of hydrogen-bond donors (Lipinski definition) is 1. The van der Waals surface area contributed by atoms with Gasteiger partial charge in [-0.05, 0) is 36.8 Å². The van der Waals surface area contributed by atoms with Gasteiger partial charge in [0.1, 0.15) is 18.1 Å². The van der Waals surface area contributed by atoms with Crippen LogP contribution in [0, 0.1) is 6.92 Å². The molecule has 0 unspecified atom stereocenters. The van der Waals surface area contributed by atoms with Crippen molar-refractivity contribution in [3.63, 3.8) is 0 Å². The van der Waals surface area contributed by atoms with Crippen LogP contribution in [0.3, 0.4) is 0 Å². The maximum Gasteiger partial charge on any atom is 0.335 e. The van der Waals surface area contributed by atoms with Crippen LogP contribution in [-0.4, -0.2) is 21.3 Å². The number of carboxylic acid groups (broad SMARTS) is 1. The minimum absolute atomic E-state index is 0.144. The molecule has 0 saturated heterocycles. The summed E-state index contributed by atoms with van der Waals surface area (Å²) >= 11 is 0. The molecule has 5 heteroatoms. The lowest BCUT2D eigenvalue weighted by Crippen LogP contribution is -2.07. The summed E-state index contributed by atoms with van der Waals surface area (Å²) < 4.78 is 7.93. The Morgan fingerprint density at radius 3 is 2.24 bits per heavy atom. The fourth-order valence-corrected chi connectivity index (χ4v) is 3.40. The average molecular weight is 385 g/mol. The predicted molar refractivity (Wildman–Crippen MR) is 110 cm³/mol. The van der Waals surface area contributed by atoms with Gasteiger partial charge in [0.2, 0.25) is 5.78 Å². The van der Waals surface area contributed by atoms with Crippen LogP contribution in [0.25, 0.3) is 5.52 Å². The lowest BCUT2D eigenvalue weighted by molar-refractivity contribution is 0.0696. The Hall–Kier alpha value is -3.86. The van der Waals surface area contributed by atoms with Crippen LogP contribution < -0.4 is 4.74 Å². The van der Waals surface area contributed by atoms with Gasteiger partial charge in [-0.1, -0.05) is 48.5 Å². The van der Waals surface area contributed by atoms with Crippen molar-refractivity contribution in [2.75, 3.05) is 0 Å². The molecule has 0 bridgehead atoms. The highest BCUT2D eigenvalue weighted by molar-refractivity contribution is 6.10. The van der Waals surface area contributed by atoms with E-state index in [4.69, 9.17) is 9.84 Å². The summed E-state index contributed by atoms with van der Waals surface area (Å²) in [6, 6.07) is 21.5. The van der Waals surface area contributed by atoms with Gasteiger partial charge in [0, 0.05) is 17.3 Å². The summed E-state index contributed by atoms with van der Waals surface area (Å²) in [5.74, 6) is -0.542. The number of ketones is 1. The first-order valence-corrected chi connectivity index (χ1v) is 9.20. The van der Waals surface area contributed by atoms with Crippen LogP contribution in [0.1, 0.15) is 37.5 Å². The van der Waals surface area contributed by atoms with Gasteiger partial charge in [0.05, 0.1) is 11.1 Å². The highest BCUT2D eigenvalue weighted by atomic mass is 16.5. The van der Waals surface area contributed by atoms with E-state index in [-0.39, 0.29) is 11.3 Å². The van der Waals surface area contributed by atoms with Crippen LogP contribution in [0.15, 0.2) is 79.0 Å². The van der Waals surface area contributed by atoms with E-state index in [0.29, 0.717) is 23.6 Å². The molecule has 0 radical (unpaired) electrons. The molecule has 2 aromatic carbocycles. The molecule has 0 atom stereocenters. The van der Waals surface area contributed by atoms with Crippen molar-refractivity contribution in [2.45, 2.75) is 13.5 Å². The summed E-state index contributed by atoms with van der Waals surface area (Å²) in [5, 5.41) is 9.07. The van der Waals surface area contributed by atoms with Crippen molar-refractivity contribution in [2.24, 2.45) is 0 Å². The van der Waals surface area contributed by atoms with E-state index < -0.39 is 5.97 Å². The van der Waals surface area contributed by atoms with Crippen LogP contribution in [0.5, 0.6) is 5.75 Å². The molecule has 4 aromatic rings. The van der Waals surface area contributed by atoms with Crippen molar-refractivity contribution >= 4 is 17.3 Å². The normalized spacial score (nSPS) is 10.8. The molecule has 29 heavy (non-hydrogen) atoms. The lowest BCUT2D eigenvalue weighted by atomic mass is 10.0. The molecule has 0 aliphatic rings. The van der Waals surface area contributed by atoms with Gasteiger partial charge in [-0.15, -0.1) is 0 Å². The highest BCUT2D eigenvalue weighted by Gasteiger charge is 2.22. The van der Waals surface area contributed by atoms with Crippen LogP contribution in [0.2, 0.25) is 0 Å². The zero-order valence-corrected chi connectivity index (χ0v) is 15.8. The quantitative estimate of drug-likeness (QED) is 0.486. The Kier molecular flexibility index (Phi) is 4.87. The number of fused-ring (bicyclic) bond motifs is 1. The SMILES string of the molecule is Cc1c(OCc2ccccc2)c2ccccn2c1C(=O)c1ccc(C(=O)O)cc1. The van der Waals surface area contributed by atoms with Gasteiger partial charge in [-0.2, -0.15) is 0 Å². The van der Waals surface area contributed by atoms with Gasteiger partial charge >= 0.3 is 5.97 Å². The van der Waals surface area contributed by atoms with Gasteiger partial charge in [-0.25, -0.2) is 4.79 Å². The second-order valence-electron chi connectivity index (χ2n) is 6.74. The number of carbonyl (C=O) groups is 2. The molecule has 0 saturated carbocycles. The third kappa shape index (κ3) is 3.50. The van der Waals surface area contributed by atoms with E-state index in [1.54, 1.807) is 0 Å². The van der Waals surface area contributed by atoms with Gasteiger partial charge in [0.25, 0.3) is 0 Å². The maximum absolute atomic E-state index is 13.2. The fraction of sp³-hybridized carbons (Fsp3) is 0.0833. The average Bonchev–Trinajstić information content (AvgIpc) is 3.03. The molecule has 0 fully saturated rings. The predicted octanol–water partition coefficient (Wildman–Crippen LogP) is 4.76. The van der Waals surface area contributed by atoms with Gasteiger partial charge in [-0.3, -0.25) is 4.79 Å². The summed E-state index contributed by atoms with van der Waals surface area (Å²) in [6.45, 7) is 2.27. The minimum Gasteiger partial charge on any atom is -0.486 e. The third-order valence-electron chi connectivity index (χ3n) is 4.86. The van der Waals surface area contributed by atoms with Gasteiger partial charge < -0.3 is 14.2 Å². The Morgan fingerprint density at radius 2 is 1.55 bits per heavy atom. The molecule has 2 heterocycles. The maximum atomic E-state index is 13.2. The van der Waals surface area contributed by atoms with E-state index >= 15 is 0 Å². The number of pyridine rings is 1. The molecule has 0 aliphatic heterocycles. The number of nitrogens with zero attached hydrogens (tertiary/aromatic N) is 1. The second kappa shape index (κ2) is 7.64. The van der Waals surface area contributed by atoms with Crippen molar-refractivity contribution in [1.82, 2.24) is 4.40 Å². The number of ether oxygens (including phenoxy) is 1. The monoisotopic (exact) mass is 385 g/mol. The highest BCUT2D eigenvalue weighted by Crippen LogP contribution is 2.32. The number of benzene rings is 2. The zero-order valence-electron chi connectivity index (χ0n) is 15.8. The van der Waals surface area contributed by atoms with E-state index in [0.717, 1.165) is 16.6 Å². The van der Waals surface area contributed by atoms with E-state index in [9.17, 15) is 9.59 Å². The topological polar surface area (TPSA) is 68.0 Å². The first-order valence-electron chi connectivity index (χ1n) is 9.20. The minimum atomic E-state index is -1.02. The van der Waals surface area contributed by atoms with Crippen molar-refractivity contribution in [3.8, 4) is 5.75 Å². The number of carboxylic acids is 1. The second-order valence-corrected chi connectivity index (χ2v) is 6.74. The third-order valence-corrected chi connectivity index (χ3v) is 4.86. The standard InChI is InChI=1S/C24H19NO4/c1-16-21(22(26)18-10-12-19(13-11-18)24(27)28)25-14-6-5-9-20(25)23(16)29-15-17-7-3-2-4-8-17/h2-14H,15H2,1H3,(H,27,28). The molecule has 4 rings (SSSR count). The number of hydrogen-bond acceptors (Lipinski definition) is 3. The molecule has 5 nitrogen and oxygen atoms in total. The smallest absolute Gasteiger partial charge is 0.335 e. The number of carbonyl (C=O) groups excluding carboxylic acids is 1.